The van der Waals surface area contributed by atoms with Crippen LogP contribution in [0, 0.1) is 17.8 Å². The first-order valence-corrected chi connectivity index (χ1v) is 13.1. The molecule has 3 N–H and O–H groups in total. The molecule has 2 unspecified atom stereocenters. The van der Waals surface area contributed by atoms with Gasteiger partial charge in [-0.1, -0.05) is 43.8 Å². The van der Waals surface area contributed by atoms with Crippen molar-refractivity contribution in [2.24, 2.45) is 17.8 Å². The van der Waals surface area contributed by atoms with Crippen molar-refractivity contribution in [3.63, 3.8) is 0 Å². The number of carbonyl (C=O) groups excluding carboxylic acids is 2. The number of hydrogen-bond acceptors (Lipinski definition) is 10. The lowest BCUT2D eigenvalue weighted by molar-refractivity contribution is -0.436. The molecule has 0 spiro atoms. The van der Waals surface area contributed by atoms with Crippen molar-refractivity contribution < 1.29 is 48.6 Å². The van der Waals surface area contributed by atoms with Gasteiger partial charge >= 0.3 is 11.9 Å². The highest BCUT2D eigenvalue weighted by molar-refractivity contribution is 5.93. The minimum Gasteiger partial charge on any atom is -0.459 e. The Kier molecular flexibility index (Phi) is 4.78. The molecular formula is C28H32O10. The number of aliphatic hydroxyl groups excluding tert-OH is 2. The number of carbonyl (C=O) groups is 2. The third-order valence-corrected chi connectivity index (χ3v) is 10.1. The number of esters is 1. The lowest BCUT2D eigenvalue weighted by Gasteiger charge is -2.58. The van der Waals surface area contributed by atoms with Gasteiger partial charge in [0.15, 0.2) is 17.0 Å². The Morgan fingerprint density at radius 3 is 2.50 bits per heavy atom. The fourth-order valence-corrected chi connectivity index (χ4v) is 8.50. The SMILES string of the molecule is C=C(C)[C@@]12O[C@@]3(c4ccccc4)O[C@@H]1C1[C@@H]4O[C@]4(CO)[C@@H](O)[C@]4(O)C(=O)[C@@H](C)CC4[C@]1(C[C@H]2OC(C)=O)O3. The van der Waals surface area contributed by atoms with E-state index in [2.05, 4.69) is 6.58 Å². The number of benzene rings is 1. The number of hydrogen-bond donors (Lipinski definition) is 3. The van der Waals surface area contributed by atoms with Crippen LogP contribution in [0.4, 0.5) is 0 Å². The Labute approximate surface area is 219 Å². The van der Waals surface area contributed by atoms with E-state index < -0.39 is 88.9 Å². The molecule has 3 bridgehead atoms. The van der Waals surface area contributed by atoms with Crippen molar-refractivity contribution in [3.05, 3.63) is 48.0 Å². The number of epoxide rings is 1. The van der Waals surface area contributed by atoms with E-state index in [4.69, 9.17) is 23.7 Å². The number of ether oxygens (including phenoxy) is 5. The van der Waals surface area contributed by atoms with Gasteiger partial charge in [0.05, 0.1) is 12.2 Å². The van der Waals surface area contributed by atoms with Gasteiger partial charge in [-0.3, -0.25) is 9.59 Å². The quantitative estimate of drug-likeness (QED) is 0.290. The second-order valence-corrected chi connectivity index (χ2v) is 12.0. The standard InChI is InChI=1S/C28H32O10/c1-13(2)27-18(34-15(4)30)11-24-17-10-14(3)20(31)26(17,33)23(32)25(12-29)21(35-25)19(24)22(27)36-28(37-24,38-27)16-8-6-5-7-9-16/h5-9,14,17-19,21-23,29,32-33H,1,10-12H2,2-4H3/t14-,17?,18+,19?,21-,22+,23+,24-,25-,26+,27-,28-/m0/s1. The summed E-state index contributed by atoms with van der Waals surface area (Å²) in [6.45, 7) is 8.35. The van der Waals surface area contributed by atoms with E-state index in [1.54, 1.807) is 26.0 Å². The number of aliphatic hydroxyl groups is 3. The molecule has 1 aromatic rings. The average Bonchev–Trinajstić information content (AvgIpc) is 3.50. The fraction of sp³-hybridized carbons (Fsp3) is 0.643. The van der Waals surface area contributed by atoms with E-state index in [-0.39, 0.29) is 12.8 Å². The van der Waals surface area contributed by atoms with E-state index in [1.165, 1.54) is 6.92 Å². The van der Waals surface area contributed by atoms with E-state index in [0.29, 0.717) is 11.1 Å². The molecule has 3 heterocycles. The molecule has 3 saturated heterocycles. The summed E-state index contributed by atoms with van der Waals surface area (Å²) in [5.74, 6) is -5.06. The first-order valence-electron chi connectivity index (χ1n) is 13.1. The molecule has 0 amide bonds. The van der Waals surface area contributed by atoms with Gasteiger partial charge in [0.25, 0.3) is 0 Å². The van der Waals surface area contributed by atoms with Gasteiger partial charge in [-0.25, -0.2) is 0 Å². The summed E-state index contributed by atoms with van der Waals surface area (Å²) < 4.78 is 32.3. The second-order valence-electron chi connectivity index (χ2n) is 12.0. The zero-order valence-corrected chi connectivity index (χ0v) is 21.5. The van der Waals surface area contributed by atoms with Crippen LogP contribution in [0.3, 0.4) is 0 Å². The number of ketones is 1. The molecule has 204 valence electrons. The van der Waals surface area contributed by atoms with Crippen molar-refractivity contribution in [1.82, 2.24) is 0 Å². The van der Waals surface area contributed by atoms with Crippen molar-refractivity contribution >= 4 is 11.8 Å². The molecule has 0 aromatic heterocycles. The average molecular weight is 529 g/mol. The Morgan fingerprint density at radius 1 is 1.16 bits per heavy atom. The van der Waals surface area contributed by atoms with Gasteiger partial charge in [-0.2, -0.15) is 0 Å². The van der Waals surface area contributed by atoms with E-state index in [9.17, 15) is 24.9 Å². The highest BCUT2D eigenvalue weighted by Gasteiger charge is 2.89. The van der Waals surface area contributed by atoms with Gasteiger partial charge in [0.1, 0.15) is 30.0 Å². The molecule has 10 heteroatoms. The molecule has 3 aliphatic heterocycles. The molecule has 3 aliphatic carbocycles. The molecule has 6 fully saturated rings. The second kappa shape index (κ2) is 7.31. The molecule has 6 aliphatic rings. The van der Waals surface area contributed by atoms with Gasteiger partial charge in [-0.15, -0.1) is 0 Å². The molecule has 0 radical (unpaired) electrons. The van der Waals surface area contributed by atoms with Crippen molar-refractivity contribution in [2.75, 3.05) is 6.61 Å². The minimum atomic E-state index is -2.27. The third kappa shape index (κ3) is 2.54. The van der Waals surface area contributed by atoms with Crippen LogP contribution < -0.4 is 0 Å². The maximum Gasteiger partial charge on any atom is 0.314 e. The number of Topliss-reactive ketones (excluding diaryl/α,β-unsaturated/α-hetero) is 1. The molecule has 1 aromatic carbocycles. The summed E-state index contributed by atoms with van der Waals surface area (Å²) in [5.41, 5.74) is -5.52. The summed E-state index contributed by atoms with van der Waals surface area (Å²) in [6.07, 6.45) is -4.06. The van der Waals surface area contributed by atoms with Crippen LogP contribution in [0.5, 0.6) is 0 Å². The largest absolute Gasteiger partial charge is 0.459 e. The van der Waals surface area contributed by atoms with E-state index >= 15 is 0 Å². The van der Waals surface area contributed by atoms with Gasteiger partial charge in [0.2, 0.25) is 0 Å². The monoisotopic (exact) mass is 528 g/mol. The molecule has 38 heavy (non-hydrogen) atoms. The van der Waals surface area contributed by atoms with E-state index in [1.807, 2.05) is 18.2 Å². The Bertz CT molecular complexity index is 1250. The normalized spacial score (nSPS) is 53.5. The maximum atomic E-state index is 13.6. The van der Waals surface area contributed by atoms with Crippen LogP contribution in [0.1, 0.15) is 39.2 Å². The maximum absolute atomic E-state index is 13.6. The van der Waals surface area contributed by atoms with Crippen LogP contribution in [-0.4, -0.2) is 80.5 Å². The molecular weight excluding hydrogens is 496 g/mol. The van der Waals surface area contributed by atoms with Crippen LogP contribution >= 0.6 is 0 Å². The summed E-state index contributed by atoms with van der Waals surface area (Å²) in [5, 5.41) is 34.2. The first-order chi connectivity index (χ1) is 17.9. The summed E-state index contributed by atoms with van der Waals surface area (Å²) in [7, 11) is 0. The van der Waals surface area contributed by atoms with Crippen LogP contribution in [-0.2, 0) is 39.2 Å². The highest BCUT2D eigenvalue weighted by Crippen LogP contribution is 2.73. The molecule has 7 rings (SSSR count). The van der Waals surface area contributed by atoms with Crippen LogP contribution in [0.25, 0.3) is 0 Å². The van der Waals surface area contributed by atoms with Crippen LogP contribution in [0.15, 0.2) is 42.5 Å². The minimum absolute atomic E-state index is 0.0413. The fourth-order valence-electron chi connectivity index (χ4n) is 8.50. The zero-order chi connectivity index (χ0) is 27.0. The predicted molar refractivity (Wildman–Crippen MR) is 127 cm³/mol. The highest BCUT2D eigenvalue weighted by atomic mass is 16.9. The van der Waals surface area contributed by atoms with Gasteiger partial charge in [-0.05, 0) is 18.9 Å². The van der Waals surface area contributed by atoms with Gasteiger partial charge < -0.3 is 39.0 Å². The molecule has 12 atom stereocenters. The first kappa shape index (κ1) is 24.8. The smallest absolute Gasteiger partial charge is 0.314 e. The van der Waals surface area contributed by atoms with Crippen molar-refractivity contribution in [2.45, 2.75) is 86.4 Å². The number of rotatable bonds is 4. The van der Waals surface area contributed by atoms with Crippen molar-refractivity contribution in [3.8, 4) is 0 Å². The predicted octanol–water partition coefficient (Wildman–Crippen LogP) is 0.708. The summed E-state index contributed by atoms with van der Waals surface area (Å²) in [4.78, 5) is 26.0. The third-order valence-electron chi connectivity index (χ3n) is 10.1. The Morgan fingerprint density at radius 2 is 1.87 bits per heavy atom. The Hall–Kier alpha value is -2.18. The van der Waals surface area contributed by atoms with Crippen molar-refractivity contribution in [1.29, 1.82) is 0 Å². The van der Waals surface area contributed by atoms with E-state index in [0.717, 1.165) is 0 Å². The zero-order valence-electron chi connectivity index (χ0n) is 21.5. The Balaban J connectivity index is 1.52. The topological polar surface area (TPSA) is 144 Å². The lowest BCUT2D eigenvalue weighted by Crippen LogP contribution is -2.72. The molecule has 10 nitrogen and oxygen atoms in total. The lowest BCUT2D eigenvalue weighted by atomic mass is 9.57. The summed E-state index contributed by atoms with van der Waals surface area (Å²) in [6, 6.07) is 9.04. The van der Waals surface area contributed by atoms with Crippen LogP contribution in [0.2, 0.25) is 0 Å². The molecule has 3 saturated carbocycles. The number of fused-ring (bicyclic) bond motifs is 3. The van der Waals surface area contributed by atoms with Gasteiger partial charge in [0, 0.05) is 36.7 Å². The summed E-state index contributed by atoms with van der Waals surface area (Å²) >= 11 is 0.